The fourth-order valence-corrected chi connectivity index (χ4v) is 2.79. The van der Waals surface area contributed by atoms with Crippen LogP contribution in [0, 0.1) is 3.95 Å². The second-order valence-electron chi connectivity index (χ2n) is 4.48. The number of hydrogen-bond acceptors (Lipinski definition) is 4. The van der Waals surface area contributed by atoms with Crippen molar-refractivity contribution in [3.05, 3.63) is 50.4 Å². The summed E-state index contributed by atoms with van der Waals surface area (Å²) in [4.78, 5) is 16.0. The van der Waals surface area contributed by atoms with Crippen molar-refractivity contribution < 1.29 is 9.53 Å². The van der Waals surface area contributed by atoms with Crippen LogP contribution in [0.25, 0.3) is 0 Å². The minimum absolute atomic E-state index is 0.106. The van der Waals surface area contributed by atoms with Crippen LogP contribution in [0.2, 0.25) is 0 Å². The summed E-state index contributed by atoms with van der Waals surface area (Å²) in [5, 5.41) is 0. The van der Waals surface area contributed by atoms with Gasteiger partial charge in [0.25, 0.3) is 0 Å². The molecule has 100 valence electrons. The molecule has 1 N–H and O–H groups in total. The van der Waals surface area contributed by atoms with E-state index < -0.39 is 0 Å². The molecule has 3 nitrogen and oxygen atoms in total. The molecular weight excluding hydrogens is 278 g/mol. The second kappa shape index (κ2) is 6.12. The van der Waals surface area contributed by atoms with Gasteiger partial charge >= 0.3 is 5.97 Å². The normalized spacial score (nSPS) is 10.7. The van der Waals surface area contributed by atoms with Gasteiger partial charge < -0.3 is 9.72 Å². The lowest BCUT2D eigenvalue weighted by Gasteiger charge is -2.08. The molecule has 0 radical (unpaired) electrons. The molecule has 0 aliphatic rings. The van der Waals surface area contributed by atoms with Crippen LogP contribution in [0.1, 0.15) is 34.6 Å². The van der Waals surface area contributed by atoms with Crippen LogP contribution in [0.4, 0.5) is 0 Å². The van der Waals surface area contributed by atoms with Gasteiger partial charge in [-0.15, -0.1) is 11.3 Å². The number of carbonyl (C=O) groups is 1. The molecule has 0 bridgehead atoms. The number of carbonyl (C=O) groups excluding carboxylic acids is 1. The van der Waals surface area contributed by atoms with Crippen molar-refractivity contribution in [2.45, 2.75) is 26.4 Å². The Bertz CT molecular complexity index is 628. The van der Waals surface area contributed by atoms with Crippen molar-refractivity contribution in [2.24, 2.45) is 0 Å². The molecule has 5 heteroatoms. The summed E-state index contributed by atoms with van der Waals surface area (Å²) in [6.07, 6.45) is 2.57. The molecule has 0 saturated heterocycles. The first-order valence-electron chi connectivity index (χ1n) is 6.02. The Morgan fingerprint density at radius 2 is 2.26 bits per heavy atom. The summed E-state index contributed by atoms with van der Waals surface area (Å²) in [5.41, 5.74) is 1.66. The molecule has 0 spiro atoms. The molecule has 0 fully saturated rings. The van der Waals surface area contributed by atoms with Gasteiger partial charge in [0.15, 0.2) is 3.95 Å². The molecule has 1 heterocycles. The van der Waals surface area contributed by atoms with Crippen molar-refractivity contribution in [1.29, 1.82) is 0 Å². The van der Waals surface area contributed by atoms with Crippen molar-refractivity contribution in [3.8, 4) is 0 Å². The van der Waals surface area contributed by atoms with Crippen LogP contribution in [-0.2, 0) is 11.2 Å². The van der Waals surface area contributed by atoms with Crippen LogP contribution >= 0.6 is 23.6 Å². The van der Waals surface area contributed by atoms with E-state index in [9.17, 15) is 4.79 Å². The highest BCUT2D eigenvalue weighted by atomic mass is 32.1. The molecule has 2 aromatic rings. The molecule has 1 aromatic carbocycles. The van der Waals surface area contributed by atoms with Gasteiger partial charge in [-0.1, -0.05) is 12.1 Å². The van der Waals surface area contributed by atoms with E-state index in [1.165, 1.54) is 0 Å². The van der Waals surface area contributed by atoms with Crippen molar-refractivity contribution in [3.63, 3.8) is 0 Å². The topological polar surface area (TPSA) is 42.1 Å². The van der Waals surface area contributed by atoms with E-state index >= 15 is 0 Å². The predicted octanol–water partition coefficient (Wildman–Crippen LogP) is 3.96. The van der Waals surface area contributed by atoms with Gasteiger partial charge in [0.05, 0.1) is 11.7 Å². The number of aromatic nitrogens is 1. The molecule has 19 heavy (non-hydrogen) atoms. The predicted molar refractivity (Wildman–Crippen MR) is 79.3 cm³/mol. The Labute approximate surface area is 121 Å². The lowest BCUT2D eigenvalue weighted by molar-refractivity contribution is 0.0378. The molecule has 0 saturated carbocycles. The Kier molecular flexibility index (Phi) is 4.50. The maximum Gasteiger partial charge on any atom is 0.338 e. The highest BCUT2D eigenvalue weighted by molar-refractivity contribution is 7.73. The number of ether oxygens (including phenoxy) is 1. The summed E-state index contributed by atoms with van der Waals surface area (Å²) in [6.45, 7) is 3.68. The molecule has 0 aliphatic heterocycles. The van der Waals surface area contributed by atoms with Gasteiger partial charge in [-0.2, -0.15) is 0 Å². The lowest BCUT2D eigenvalue weighted by atomic mass is 10.1. The second-order valence-corrected chi connectivity index (χ2v) is 6.28. The van der Waals surface area contributed by atoms with Gasteiger partial charge in [-0.3, -0.25) is 0 Å². The number of H-pyrrole nitrogens is 1. The first-order chi connectivity index (χ1) is 9.04. The quantitative estimate of drug-likeness (QED) is 0.685. The SMILES string of the molecule is CC(C)OC(=O)c1cccc(Cc2c[nH]c(=S)s2)c1. The largest absolute Gasteiger partial charge is 0.459 e. The van der Waals surface area contributed by atoms with Crippen LogP contribution in [0.3, 0.4) is 0 Å². The molecule has 0 atom stereocenters. The van der Waals surface area contributed by atoms with E-state index in [2.05, 4.69) is 4.98 Å². The zero-order valence-electron chi connectivity index (χ0n) is 10.8. The summed E-state index contributed by atoms with van der Waals surface area (Å²) in [6, 6.07) is 7.51. The van der Waals surface area contributed by atoms with Gasteiger partial charge in [-0.05, 0) is 43.8 Å². The molecular formula is C14H15NO2S2. The first kappa shape index (κ1) is 14.0. The maximum absolute atomic E-state index is 11.8. The Morgan fingerprint density at radius 3 is 2.89 bits per heavy atom. The standard InChI is InChI=1S/C14H15NO2S2/c1-9(2)17-13(16)11-5-3-4-10(6-11)7-12-8-15-14(18)19-12/h3-6,8-9H,7H2,1-2H3,(H,15,18). The van der Waals surface area contributed by atoms with Crippen molar-refractivity contribution in [2.75, 3.05) is 0 Å². The Balaban J connectivity index is 2.15. The Morgan fingerprint density at radius 1 is 1.47 bits per heavy atom. The number of nitrogens with one attached hydrogen (secondary N) is 1. The average Bonchev–Trinajstić information content (AvgIpc) is 2.74. The number of esters is 1. The maximum atomic E-state index is 11.8. The van der Waals surface area contributed by atoms with Gasteiger partial charge in [0.1, 0.15) is 0 Å². The molecule has 1 aromatic heterocycles. The van der Waals surface area contributed by atoms with Crippen LogP contribution in [0.5, 0.6) is 0 Å². The summed E-state index contributed by atoms with van der Waals surface area (Å²) >= 11 is 6.60. The highest BCUT2D eigenvalue weighted by Gasteiger charge is 2.09. The van der Waals surface area contributed by atoms with Crippen LogP contribution < -0.4 is 0 Å². The van der Waals surface area contributed by atoms with Gasteiger partial charge in [0, 0.05) is 17.5 Å². The van der Waals surface area contributed by atoms with E-state index in [4.69, 9.17) is 17.0 Å². The van der Waals surface area contributed by atoms with E-state index in [-0.39, 0.29) is 12.1 Å². The third-order valence-corrected chi connectivity index (χ3v) is 3.65. The average molecular weight is 293 g/mol. The van der Waals surface area contributed by atoms with Crippen molar-refractivity contribution >= 4 is 29.5 Å². The lowest BCUT2D eigenvalue weighted by Crippen LogP contribution is -2.11. The third-order valence-electron chi connectivity index (χ3n) is 2.46. The molecule has 2 rings (SSSR count). The van der Waals surface area contributed by atoms with E-state index in [0.717, 1.165) is 20.8 Å². The van der Waals surface area contributed by atoms with Gasteiger partial charge in [-0.25, -0.2) is 4.79 Å². The number of thiazole rings is 1. The summed E-state index contributed by atoms with van der Waals surface area (Å²) in [7, 11) is 0. The fourth-order valence-electron chi connectivity index (χ4n) is 1.70. The van der Waals surface area contributed by atoms with Crippen molar-refractivity contribution in [1.82, 2.24) is 4.98 Å². The number of hydrogen-bond donors (Lipinski definition) is 1. The first-order valence-corrected chi connectivity index (χ1v) is 7.24. The van der Waals surface area contributed by atoms with E-state index in [1.807, 2.05) is 38.2 Å². The molecule has 0 aliphatic carbocycles. The fraction of sp³-hybridized carbons (Fsp3) is 0.286. The van der Waals surface area contributed by atoms with E-state index in [1.54, 1.807) is 17.4 Å². The summed E-state index contributed by atoms with van der Waals surface area (Å²) < 4.78 is 5.96. The van der Waals surface area contributed by atoms with Crippen LogP contribution in [0.15, 0.2) is 30.5 Å². The van der Waals surface area contributed by atoms with E-state index in [0.29, 0.717) is 5.56 Å². The molecule has 0 amide bonds. The number of benzene rings is 1. The zero-order chi connectivity index (χ0) is 13.8. The number of aromatic amines is 1. The zero-order valence-corrected chi connectivity index (χ0v) is 12.4. The molecule has 0 unspecified atom stereocenters. The smallest absolute Gasteiger partial charge is 0.338 e. The number of rotatable bonds is 4. The monoisotopic (exact) mass is 293 g/mol. The highest BCUT2D eigenvalue weighted by Crippen LogP contribution is 2.16. The van der Waals surface area contributed by atoms with Gasteiger partial charge in [0.2, 0.25) is 0 Å². The minimum Gasteiger partial charge on any atom is -0.459 e. The minimum atomic E-state index is -0.279. The summed E-state index contributed by atoms with van der Waals surface area (Å²) in [5.74, 6) is -0.279. The third kappa shape index (κ3) is 4.01. The Hall–Kier alpha value is -1.46. The van der Waals surface area contributed by atoms with Crippen LogP contribution in [-0.4, -0.2) is 17.1 Å².